The van der Waals surface area contributed by atoms with Gasteiger partial charge in [-0.25, -0.2) is 0 Å². The van der Waals surface area contributed by atoms with Gasteiger partial charge in [0.15, 0.2) is 0 Å². The lowest BCUT2D eigenvalue weighted by atomic mass is 9.94. The third-order valence-electron chi connectivity index (χ3n) is 5.82. The molecule has 3 heterocycles. The number of esters is 1. The molecule has 2 fully saturated rings. The van der Waals surface area contributed by atoms with Gasteiger partial charge in [-0.1, -0.05) is 18.9 Å². The summed E-state index contributed by atoms with van der Waals surface area (Å²) in [6, 6.07) is 3.22. The minimum Gasteiger partial charge on any atom is -0.465 e. The topological polar surface area (TPSA) is 53.0 Å². The maximum Gasteiger partial charge on any atom is 0.326 e. The second-order valence-corrected chi connectivity index (χ2v) is 8.85. The minimum absolute atomic E-state index is 0.297. The summed E-state index contributed by atoms with van der Waals surface area (Å²) in [5.41, 5.74) is 0. The molecule has 5 nitrogen and oxygen atoms in total. The zero-order chi connectivity index (χ0) is 19.1. The zero-order valence-electron chi connectivity index (χ0n) is 16.5. The number of nitrogens with zero attached hydrogens (tertiary/aromatic N) is 2. The van der Waals surface area contributed by atoms with Crippen molar-refractivity contribution in [2.24, 2.45) is 5.92 Å². The van der Waals surface area contributed by atoms with Crippen LogP contribution in [0.5, 0.6) is 0 Å². The number of aliphatic hydroxyl groups excluding tert-OH is 1. The van der Waals surface area contributed by atoms with Gasteiger partial charge in [-0.2, -0.15) is 0 Å². The summed E-state index contributed by atoms with van der Waals surface area (Å²) in [5, 5.41) is 12.9. The van der Waals surface area contributed by atoms with Crippen molar-refractivity contribution in [3.05, 3.63) is 22.4 Å². The number of ether oxygens (including phenoxy) is 1. The van der Waals surface area contributed by atoms with E-state index in [1.165, 1.54) is 56.5 Å². The van der Waals surface area contributed by atoms with Crippen LogP contribution >= 0.6 is 11.3 Å². The molecule has 27 heavy (non-hydrogen) atoms. The highest BCUT2D eigenvalue weighted by molar-refractivity contribution is 7.10. The SMILES string of the molecule is CCOC(=O)C(C(O)c1cccs1)N1CCCC(CN2CCCCCC2)C1. The molecule has 0 spiro atoms. The van der Waals surface area contributed by atoms with Crippen LogP contribution in [-0.4, -0.2) is 66.2 Å². The molecule has 152 valence electrons. The Bertz CT molecular complexity index is 558. The van der Waals surface area contributed by atoms with E-state index >= 15 is 0 Å². The van der Waals surface area contributed by atoms with Crippen molar-refractivity contribution in [1.29, 1.82) is 0 Å². The summed E-state index contributed by atoms with van der Waals surface area (Å²) in [4.78, 5) is 18.3. The fourth-order valence-electron chi connectivity index (χ4n) is 4.50. The number of piperidine rings is 1. The van der Waals surface area contributed by atoms with Crippen molar-refractivity contribution in [3.63, 3.8) is 0 Å². The summed E-state index contributed by atoms with van der Waals surface area (Å²) < 4.78 is 5.33. The molecule has 2 saturated heterocycles. The van der Waals surface area contributed by atoms with Crippen molar-refractivity contribution in [3.8, 4) is 0 Å². The fraction of sp³-hybridized carbons (Fsp3) is 0.762. The third-order valence-corrected chi connectivity index (χ3v) is 6.76. The summed E-state index contributed by atoms with van der Waals surface area (Å²) in [5.74, 6) is 0.262. The van der Waals surface area contributed by atoms with E-state index < -0.39 is 12.1 Å². The standard InChI is InChI=1S/C21H34N2O3S/c1-2-26-21(25)19(20(24)18-10-8-14-27-18)23-13-7-9-17(16-23)15-22-11-5-3-4-6-12-22/h8,10,14,17,19-20,24H,2-7,9,11-13,15-16H2,1H3. The number of hydrogen-bond donors (Lipinski definition) is 1. The van der Waals surface area contributed by atoms with Crippen molar-refractivity contribution >= 4 is 17.3 Å². The molecule has 1 N–H and O–H groups in total. The summed E-state index contributed by atoms with van der Waals surface area (Å²) in [7, 11) is 0. The highest BCUT2D eigenvalue weighted by atomic mass is 32.1. The molecule has 3 unspecified atom stereocenters. The monoisotopic (exact) mass is 394 g/mol. The van der Waals surface area contributed by atoms with E-state index in [1.54, 1.807) is 0 Å². The van der Waals surface area contributed by atoms with Crippen LogP contribution < -0.4 is 0 Å². The Morgan fingerprint density at radius 1 is 1.26 bits per heavy atom. The lowest BCUT2D eigenvalue weighted by Gasteiger charge is -2.40. The molecule has 3 atom stereocenters. The molecular formula is C21H34N2O3S. The van der Waals surface area contributed by atoms with Crippen LogP contribution in [0.3, 0.4) is 0 Å². The second kappa shape index (κ2) is 10.6. The Morgan fingerprint density at radius 2 is 2.04 bits per heavy atom. The average Bonchev–Trinajstić information content (AvgIpc) is 3.08. The van der Waals surface area contributed by atoms with Gasteiger partial charge in [0.1, 0.15) is 12.1 Å². The summed E-state index contributed by atoms with van der Waals surface area (Å²) >= 11 is 1.50. The molecule has 0 radical (unpaired) electrons. The van der Waals surface area contributed by atoms with Gasteiger partial charge >= 0.3 is 5.97 Å². The number of carbonyl (C=O) groups excluding carboxylic acids is 1. The summed E-state index contributed by atoms with van der Waals surface area (Å²) in [6.07, 6.45) is 6.78. The Hall–Kier alpha value is -0.950. The normalized spacial score (nSPS) is 24.9. The Kier molecular flexibility index (Phi) is 8.12. The predicted molar refractivity (Wildman–Crippen MR) is 109 cm³/mol. The van der Waals surface area contributed by atoms with E-state index in [2.05, 4.69) is 9.80 Å². The molecule has 3 rings (SSSR count). The molecule has 1 aromatic rings. The van der Waals surface area contributed by atoms with E-state index in [0.717, 1.165) is 30.9 Å². The minimum atomic E-state index is -0.819. The smallest absolute Gasteiger partial charge is 0.326 e. The average molecular weight is 395 g/mol. The molecule has 0 saturated carbocycles. The van der Waals surface area contributed by atoms with Crippen LogP contribution in [0.1, 0.15) is 56.4 Å². The van der Waals surface area contributed by atoms with E-state index in [-0.39, 0.29) is 5.97 Å². The molecule has 6 heteroatoms. The second-order valence-electron chi connectivity index (χ2n) is 7.88. The van der Waals surface area contributed by atoms with Gasteiger partial charge in [0, 0.05) is 18.0 Å². The number of hydrogen-bond acceptors (Lipinski definition) is 6. The van der Waals surface area contributed by atoms with Crippen LogP contribution in [0, 0.1) is 5.92 Å². The summed E-state index contributed by atoms with van der Waals surface area (Å²) in [6.45, 7) is 7.40. The molecule has 1 aromatic heterocycles. The van der Waals surface area contributed by atoms with Crippen LogP contribution in [0.4, 0.5) is 0 Å². The highest BCUT2D eigenvalue weighted by Gasteiger charge is 2.38. The van der Waals surface area contributed by atoms with Crippen LogP contribution in [0.15, 0.2) is 17.5 Å². The fourth-order valence-corrected chi connectivity index (χ4v) is 5.24. The van der Waals surface area contributed by atoms with Gasteiger partial charge in [0.25, 0.3) is 0 Å². The molecule has 2 aliphatic rings. The predicted octanol–water partition coefficient (Wildman–Crippen LogP) is 3.30. The quantitative estimate of drug-likeness (QED) is 0.719. The van der Waals surface area contributed by atoms with Gasteiger partial charge < -0.3 is 14.7 Å². The van der Waals surface area contributed by atoms with E-state index in [0.29, 0.717) is 12.5 Å². The lowest BCUT2D eigenvalue weighted by molar-refractivity contribution is -0.155. The van der Waals surface area contributed by atoms with Crippen LogP contribution in [0.25, 0.3) is 0 Å². The van der Waals surface area contributed by atoms with Crippen molar-refractivity contribution in [2.75, 3.05) is 39.3 Å². The lowest BCUT2D eigenvalue weighted by Crippen LogP contribution is -2.51. The molecule has 0 amide bonds. The van der Waals surface area contributed by atoms with Crippen LogP contribution in [0.2, 0.25) is 0 Å². The number of thiophene rings is 1. The largest absolute Gasteiger partial charge is 0.465 e. The van der Waals surface area contributed by atoms with E-state index in [1.807, 2.05) is 24.4 Å². The number of carbonyl (C=O) groups is 1. The first-order valence-corrected chi connectivity index (χ1v) is 11.4. The first-order chi connectivity index (χ1) is 13.2. The van der Waals surface area contributed by atoms with E-state index in [4.69, 9.17) is 4.74 Å². The Morgan fingerprint density at radius 3 is 2.70 bits per heavy atom. The van der Waals surface area contributed by atoms with Gasteiger partial charge in [0.2, 0.25) is 0 Å². The Labute approximate surface area is 167 Å². The van der Waals surface area contributed by atoms with Gasteiger partial charge in [-0.15, -0.1) is 11.3 Å². The first kappa shape index (κ1) is 20.8. The first-order valence-electron chi connectivity index (χ1n) is 10.5. The molecule has 0 bridgehead atoms. The molecule has 0 aliphatic carbocycles. The number of rotatable bonds is 7. The Balaban J connectivity index is 1.66. The third kappa shape index (κ3) is 5.76. The zero-order valence-corrected chi connectivity index (χ0v) is 17.3. The van der Waals surface area contributed by atoms with Gasteiger partial charge in [-0.3, -0.25) is 9.69 Å². The number of aliphatic hydroxyl groups is 1. The van der Waals surface area contributed by atoms with Crippen molar-refractivity contribution in [1.82, 2.24) is 9.80 Å². The van der Waals surface area contributed by atoms with Gasteiger partial charge in [0.05, 0.1) is 6.61 Å². The number of likely N-dealkylation sites (tertiary alicyclic amines) is 2. The maximum absolute atomic E-state index is 12.7. The molecular weight excluding hydrogens is 360 g/mol. The molecule has 0 aromatic carbocycles. The van der Waals surface area contributed by atoms with Gasteiger partial charge in [-0.05, 0) is 69.6 Å². The van der Waals surface area contributed by atoms with Crippen LogP contribution in [-0.2, 0) is 9.53 Å². The van der Waals surface area contributed by atoms with Crippen molar-refractivity contribution < 1.29 is 14.6 Å². The van der Waals surface area contributed by atoms with E-state index in [9.17, 15) is 9.90 Å². The molecule has 2 aliphatic heterocycles. The van der Waals surface area contributed by atoms with Crippen molar-refractivity contribution in [2.45, 2.75) is 57.6 Å². The maximum atomic E-state index is 12.7. The highest BCUT2D eigenvalue weighted by Crippen LogP contribution is 2.30.